The van der Waals surface area contributed by atoms with Gasteiger partial charge in [0.25, 0.3) is 0 Å². The molecular weight excluding hydrogens is 239 g/mol. The molecular formula is C16H25FN2. The fourth-order valence-electron chi connectivity index (χ4n) is 2.32. The lowest BCUT2D eigenvalue weighted by atomic mass is 10.1. The van der Waals surface area contributed by atoms with E-state index in [4.69, 9.17) is 5.73 Å². The molecule has 0 aromatic heterocycles. The van der Waals surface area contributed by atoms with Gasteiger partial charge in [0.05, 0.1) is 5.69 Å². The van der Waals surface area contributed by atoms with Crippen molar-refractivity contribution in [3.63, 3.8) is 0 Å². The standard InChI is InChI=1S/C16H25FN2/c1-11(2)8-9-19(14-5-6-14)16-7-4-13(12(3)18)10-15(16)17/h4,7,10-12,14H,5-6,8-9,18H2,1-3H3/t12-/m1/s1. The number of nitrogens with two attached hydrogens (primary N) is 1. The molecule has 0 saturated heterocycles. The molecule has 1 aromatic rings. The maximum atomic E-state index is 14.3. The van der Waals surface area contributed by atoms with Crippen molar-refractivity contribution < 1.29 is 4.39 Å². The second kappa shape index (κ2) is 5.91. The molecule has 1 aromatic carbocycles. The van der Waals surface area contributed by atoms with Gasteiger partial charge in [0.15, 0.2) is 0 Å². The quantitative estimate of drug-likeness (QED) is 0.845. The molecule has 0 bridgehead atoms. The van der Waals surface area contributed by atoms with Crippen LogP contribution in [0.2, 0.25) is 0 Å². The summed E-state index contributed by atoms with van der Waals surface area (Å²) in [5, 5.41) is 0. The first kappa shape index (κ1) is 14.3. The molecule has 0 radical (unpaired) electrons. The van der Waals surface area contributed by atoms with Crippen molar-refractivity contribution in [1.82, 2.24) is 0 Å². The highest BCUT2D eigenvalue weighted by Crippen LogP contribution is 2.34. The molecule has 2 rings (SSSR count). The summed E-state index contributed by atoms with van der Waals surface area (Å²) in [7, 11) is 0. The fourth-order valence-corrected chi connectivity index (χ4v) is 2.32. The van der Waals surface area contributed by atoms with Crippen LogP contribution in [-0.4, -0.2) is 12.6 Å². The Morgan fingerprint density at radius 2 is 2.00 bits per heavy atom. The number of halogens is 1. The van der Waals surface area contributed by atoms with Gasteiger partial charge in [-0.2, -0.15) is 0 Å². The number of anilines is 1. The van der Waals surface area contributed by atoms with Gasteiger partial charge in [0, 0.05) is 18.6 Å². The third-order valence-electron chi connectivity index (χ3n) is 3.74. The van der Waals surface area contributed by atoms with E-state index in [9.17, 15) is 4.39 Å². The van der Waals surface area contributed by atoms with Gasteiger partial charge in [-0.05, 0) is 49.8 Å². The van der Waals surface area contributed by atoms with E-state index in [1.165, 1.54) is 12.8 Å². The molecule has 1 aliphatic carbocycles. The molecule has 0 aliphatic heterocycles. The molecule has 2 N–H and O–H groups in total. The minimum Gasteiger partial charge on any atom is -0.366 e. The van der Waals surface area contributed by atoms with Gasteiger partial charge in [-0.25, -0.2) is 4.39 Å². The van der Waals surface area contributed by atoms with E-state index in [2.05, 4.69) is 18.7 Å². The maximum Gasteiger partial charge on any atom is 0.146 e. The van der Waals surface area contributed by atoms with E-state index in [1.807, 2.05) is 19.1 Å². The Hall–Kier alpha value is -1.09. The van der Waals surface area contributed by atoms with Gasteiger partial charge >= 0.3 is 0 Å². The van der Waals surface area contributed by atoms with Crippen molar-refractivity contribution in [3.05, 3.63) is 29.6 Å². The third kappa shape index (κ3) is 3.69. The van der Waals surface area contributed by atoms with Gasteiger partial charge in [0.1, 0.15) is 5.82 Å². The molecule has 2 nitrogen and oxygen atoms in total. The summed E-state index contributed by atoms with van der Waals surface area (Å²) in [5.41, 5.74) is 7.40. The highest BCUT2D eigenvalue weighted by Gasteiger charge is 2.30. The number of hydrogen-bond acceptors (Lipinski definition) is 2. The van der Waals surface area contributed by atoms with Crippen LogP contribution in [0.15, 0.2) is 18.2 Å². The summed E-state index contributed by atoms with van der Waals surface area (Å²) in [4.78, 5) is 2.24. The zero-order valence-corrected chi connectivity index (χ0v) is 12.2. The minimum atomic E-state index is -0.134. The van der Waals surface area contributed by atoms with E-state index in [1.54, 1.807) is 6.07 Å². The molecule has 1 fully saturated rings. The van der Waals surface area contributed by atoms with Crippen LogP contribution < -0.4 is 10.6 Å². The highest BCUT2D eigenvalue weighted by molar-refractivity contribution is 5.51. The zero-order chi connectivity index (χ0) is 14.0. The number of nitrogens with zero attached hydrogens (tertiary/aromatic N) is 1. The van der Waals surface area contributed by atoms with Crippen LogP contribution in [0, 0.1) is 11.7 Å². The van der Waals surface area contributed by atoms with Crippen LogP contribution in [0.3, 0.4) is 0 Å². The average Bonchev–Trinajstić information content (AvgIpc) is 3.14. The van der Waals surface area contributed by atoms with Gasteiger partial charge in [-0.15, -0.1) is 0 Å². The van der Waals surface area contributed by atoms with E-state index >= 15 is 0 Å². The topological polar surface area (TPSA) is 29.3 Å². The number of benzene rings is 1. The molecule has 1 atom stereocenters. The second-order valence-corrected chi connectivity index (χ2v) is 6.11. The number of rotatable bonds is 6. The van der Waals surface area contributed by atoms with Crippen molar-refractivity contribution in [3.8, 4) is 0 Å². The van der Waals surface area contributed by atoms with Crippen molar-refractivity contribution in [2.75, 3.05) is 11.4 Å². The van der Waals surface area contributed by atoms with E-state index < -0.39 is 0 Å². The van der Waals surface area contributed by atoms with E-state index in [0.717, 1.165) is 24.2 Å². The van der Waals surface area contributed by atoms with Gasteiger partial charge < -0.3 is 10.6 Å². The second-order valence-electron chi connectivity index (χ2n) is 6.11. The lowest BCUT2D eigenvalue weighted by Crippen LogP contribution is -2.28. The Labute approximate surface area is 115 Å². The summed E-state index contributed by atoms with van der Waals surface area (Å²) in [6.07, 6.45) is 3.48. The maximum absolute atomic E-state index is 14.3. The van der Waals surface area contributed by atoms with Crippen LogP contribution in [0.25, 0.3) is 0 Å². The SMILES string of the molecule is CC(C)CCN(c1ccc([C@@H](C)N)cc1F)C1CC1. The Morgan fingerprint density at radius 3 is 2.47 bits per heavy atom. The average molecular weight is 264 g/mol. The first-order valence-electron chi connectivity index (χ1n) is 7.30. The summed E-state index contributed by atoms with van der Waals surface area (Å²) in [6.45, 7) is 7.24. The molecule has 19 heavy (non-hydrogen) atoms. The Bertz CT molecular complexity index is 425. The molecule has 0 unspecified atom stereocenters. The fraction of sp³-hybridized carbons (Fsp3) is 0.625. The normalized spacial score (nSPS) is 16.7. The Kier molecular flexibility index (Phi) is 4.46. The van der Waals surface area contributed by atoms with Crippen molar-refractivity contribution in [2.45, 2.75) is 52.1 Å². The zero-order valence-electron chi connectivity index (χ0n) is 12.2. The lowest BCUT2D eigenvalue weighted by Gasteiger charge is -2.26. The monoisotopic (exact) mass is 264 g/mol. The lowest BCUT2D eigenvalue weighted by molar-refractivity contribution is 0.558. The predicted octanol–water partition coefficient (Wildman–Crippen LogP) is 3.86. The van der Waals surface area contributed by atoms with Crippen molar-refractivity contribution in [2.24, 2.45) is 11.7 Å². The summed E-state index contributed by atoms with van der Waals surface area (Å²) < 4.78 is 14.3. The molecule has 1 saturated carbocycles. The molecule has 1 aliphatic rings. The van der Waals surface area contributed by atoms with Crippen molar-refractivity contribution >= 4 is 5.69 Å². The molecule has 106 valence electrons. The molecule has 3 heteroatoms. The summed E-state index contributed by atoms with van der Waals surface area (Å²) in [5.74, 6) is 0.512. The minimum absolute atomic E-state index is 0.117. The van der Waals surface area contributed by atoms with Gasteiger partial charge in [-0.3, -0.25) is 0 Å². The number of hydrogen-bond donors (Lipinski definition) is 1. The summed E-state index contributed by atoms with van der Waals surface area (Å²) >= 11 is 0. The van der Waals surface area contributed by atoms with Crippen LogP contribution in [0.1, 0.15) is 51.6 Å². The molecule has 0 heterocycles. The smallest absolute Gasteiger partial charge is 0.146 e. The van der Waals surface area contributed by atoms with Crippen LogP contribution in [0.4, 0.5) is 10.1 Å². The van der Waals surface area contributed by atoms with Gasteiger partial charge in [0.2, 0.25) is 0 Å². The highest BCUT2D eigenvalue weighted by atomic mass is 19.1. The third-order valence-corrected chi connectivity index (χ3v) is 3.74. The largest absolute Gasteiger partial charge is 0.366 e. The summed E-state index contributed by atoms with van der Waals surface area (Å²) in [6, 6.07) is 5.86. The van der Waals surface area contributed by atoms with Crippen LogP contribution >= 0.6 is 0 Å². The Balaban J connectivity index is 2.17. The first-order valence-corrected chi connectivity index (χ1v) is 7.30. The van der Waals surface area contributed by atoms with Crippen LogP contribution in [0.5, 0.6) is 0 Å². The van der Waals surface area contributed by atoms with Crippen molar-refractivity contribution in [1.29, 1.82) is 0 Å². The van der Waals surface area contributed by atoms with Gasteiger partial charge in [-0.1, -0.05) is 19.9 Å². The predicted molar refractivity (Wildman–Crippen MR) is 78.8 cm³/mol. The van der Waals surface area contributed by atoms with E-state index in [-0.39, 0.29) is 11.9 Å². The molecule has 0 amide bonds. The van der Waals surface area contributed by atoms with Crippen LogP contribution in [-0.2, 0) is 0 Å². The first-order chi connectivity index (χ1) is 8.99. The Morgan fingerprint density at radius 1 is 1.32 bits per heavy atom. The molecule has 0 spiro atoms. The van der Waals surface area contributed by atoms with E-state index in [0.29, 0.717) is 12.0 Å².